The summed E-state index contributed by atoms with van der Waals surface area (Å²) in [4.78, 5) is 36.0. The van der Waals surface area contributed by atoms with Crippen molar-refractivity contribution in [1.82, 2.24) is 29.3 Å². The van der Waals surface area contributed by atoms with Crippen LogP contribution in [0.5, 0.6) is 0 Å². The fourth-order valence-electron chi connectivity index (χ4n) is 3.90. The zero-order chi connectivity index (χ0) is 25.9. The third-order valence-electron chi connectivity index (χ3n) is 5.52. The maximum atomic E-state index is 13.1. The number of hydrogen-bond donors (Lipinski definition) is 1. The number of rotatable bonds is 9. The number of hydrogen-bond acceptors (Lipinski definition) is 6. The highest BCUT2D eigenvalue weighted by molar-refractivity contribution is 5.76. The summed E-state index contributed by atoms with van der Waals surface area (Å²) in [5.74, 6) is -0.0685. The maximum absolute atomic E-state index is 13.1. The van der Waals surface area contributed by atoms with Gasteiger partial charge in [0.25, 0.3) is 5.56 Å². The average molecular weight is 502 g/mol. The molecule has 4 rings (SSSR count). The molecule has 4 aromatic rings. The van der Waals surface area contributed by atoms with Crippen LogP contribution < -0.4 is 5.56 Å². The molecule has 1 N–H and O–H groups in total. The largest absolute Gasteiger partial charge is 0.441 e. The molecule has 0 fully saturated rings. The van der Waals surface area contributed by atoms with Crippen molar-refractivity contribution >= 4 is 17.1 Å². The van der Waals surface area contributed by atoms with E-state index in [-0.39, 0.29) is 30.1 Å². The van der Waals surface area contributed by atoms with Crippen molar-refractivity contribution in [2.45, 2.75) is 58.5 Å². The Kier molecular flexibility index (Phi) is 7.22. The van der Waals surface area contributed by atoms with Crippen LogP contribution in [0.4, 0.5) is 13.2 Å². The molecule has 0 radical (unpaired) electrons. The van der Waals surface area contributed by atoms with E-state index in [0.29, 0.717) is 36.2 Å². The van der Waals surface area contributed by atoms with Gasteiger partial charge < -0.3 is 9.72 Å². The number of nitrogens with one attached hydrogen (secondary N) is 1. The molecule has 1 atom stereocenters. The SMILES string of the molecule is CCCC(=O)OC(CCC)n1c(-c2cnn(Cc3cccc(C(F)(F)F)c3)c2)nc2c(=O)[nH]cnc21. The number of fused-ring (bicyclic) bond motifs is 1. The van der Waals surface area contributed by atoms with Gasteiger partial charge in [-0.1, -0.05) is 32.4 Å². The Balaban J connectivity index is 1.74. The van der Waals surface area contributed by atoms with E-state index in [0.717, 1.165) is 12.1 Å². The molecule has 0 saturated heterocycles. The van der Waals surface area contributed by atoms with Crippen LogP contribution in [0.3, 0.4) is 0 Å². The average Bonchev–Trinajstić information content (AvgIpc) is 3.44. The van der Waals surface area contributed by atoms with Gasteiger partial charge in [0.2, 0.25) is 0 Å². The summed E-state index contributed by atoms with van der Waals surface area (Å²) in [5.41, 5.74) is 0.0469. The van der Waals surface area contributed by atoms with E-state index >= 15 is 0 Å². The monoisotopic (exact) mass is 502 g/mol. The zero-order valence-electron chi connectivity index (χ0n) is 19.7. The summed E-state index contributed by atoms with van der Waals surface area (Å²) in [6.07, 6.45) is 1.16. The summed E-state index contributed by atoms with van der Waals surface area (Å²) < 4.78 is 48.1. The molecule has 0 amide bonds. The molecule has 3 aromatic heterocycles. The first-order valence-corrected chi connectivity index (χ1v) is 11.5. The topological polar surface area (TPSA) is 108 Å². The van der Waals surface area contributed by atoms with Gasteiger partial charge in [0.1, 0.15) is 5.82 Å². The van der Waals surface area contributed by atoms with Crippen molar-refractivity contribution in [2.75, 3.05) is 0 Å². The summed E-state index contributed by atoms with van der Waals surface area (Å²) in [5, 5.41) is 4.28. The number of benzene rings is 1. The van der Waals surface area contributed by atoms with Crippen LogP contribution in [0.1, 0.15) is 56.9 Å². The van der Waals surface area contributed by atoms with Gasteiger partial charge in [-0.2, -0.15) is 18.3 Å². The molecule has 0 spiro atoms. The van der Waals surface area contributed by atoms with E-state index in [4.69, 9.17) is 4.74 Å². The lowest BCUT2D eigenvalue weighted by molar-refractivity contribution is -0.154. The summed E-state index contributed by atoms with van der Waals surface area (Å²) in [6, 6.07) is 5.02. The summed E-state index contributed by atoms with van der Waals surface area (Å²) in [6.45, 7) is 3.90. The molecule has 0 aliphatic carbocycles. The number of aromatic amines is 1. The highest BCUT2D eigenvalue weighted by Crippen LogP contribution is 2.31. The number of H-pyrrole nitrogens is 1. The Labute approximate surface area is 203 Å². The molecule has 1 unspecified atom stereocenters. The Bertz CT molecular complexity index is 1420. The lowest BCUT2D eigenvalue weighted by Gasteiger charge is -2.21. The third-order valence-corrected chi connectivity index (χ3v) is 5.52. The number of nitrogens with zero attached hydrogens (tertiary/aromatic N) is 5. The van der Waals surface area contributed by atoms with E-state index in [9.17, 15) is 22.8 Å². The second kappa shape index (κ2) is 10.3. The quantitative estimate of drug-likeness (QED) is 0.333. The van der Waals surface area contributed by atoms with Gasteiger partial charge in [-0.25, -0.2) is 9.97 Å². The van der Waals surface area contributed by atoms with Crippen LogP contribution in [0.25, 0.3) is 22.6 Å². The summed E-state index contributed by atoms with van der Waals surface area (Å²) in [7, 11) is 0. The zero-order valence-corrected chi connectivity index (χ0v) is 19.7. The number of ether oxygens (including phenoxy) is 1. The van der Waals surface area contributed by atoms with Crippen molar-refractivity contribution in [3.63, 3.8) is 0 Å². The predicted molar refractivity (Wildman–Crippen MR) is 125 cm³/mol. The van der Waals surface area contributed by atoms with E-state index < -0.39 is 23.5 Å². The number of carbonyl (C=O) groups is 1. The first-order valence-electron chi connectivity index (χ1n) is 11.5. The van der Waals surface area contributed by atoms with E-state index in [1.54, 1.807) is 16.8 Å². The van der Waals surface area contributed by atoms with Gasteiger partial charge in [0, 0.05) is 19.0 Å². The lowest BCUT2D eigenvalue weighted by atomic mass is 10.1. The van der Waals surface area contributed by atoms with Crippen molar-refractivity contribution in [1.29, 1.82) is 0 Å². The van der Waals surface area contributed by atoms with Crippen molar-refractivity contribution in [3.8, 4) is 11.4 Å². The van der Waals surface area contributed by atoms with Gasteiger partial charge in [0.05, 0.1) is 30.2 Å². The molecule has 0 bridgehead atoms. The molecule has 1 aromatic carbocycles. The first kappa shape index (κ1) is 25.1. The number of halogens is 3. The lowest BCUT2D eigenvalue weighted by Crippen LogP contribution is -2.19. The van der Waals surface area contributed by atoms with Gasteiger partial charge in [0.15, 0.2) is 17.4 Å². The standard InChI is InChI=1S/C24H25F3N6O3/c1-3-6-18(36-19(34)7-4-2)33-21(31-20-22(33)28-14-29-23(20)35)16-11-30-32(13-16)12-15-8-5-9-17(10-15)24(25,26)27/h5,8-11,13-14,18H,3-4,6-7,12H2,1-2H3,(H,28,29,35). The second-order valence-corrected chi connectivity index (χ2v) is 8.32. The van der Waals surface area contributed by atoms with Gasteiger partial charge >= 0.3 is 12.1 Å². The molecule has 9 nitrogen and oxygen atoms in total. The number of alkyl halides is 3. The molecule has 0 saturated carbocycles. The van der Waals surface area contributed by atoms with Crippen LogP contribution >= 0.6 is 0 Å². The smallest absolute Gasteiger partial charge is 0.416 e. The van der Waals surface area contributed by atoms with Crippen LogP contribution in [0.2, 0.25) is 0 Å². The van der Waals surface area contributed by atoms with Gasteiger partial charge in [-0.05, 0) is 24.1 Å². The van der Waals surface area contributed by atoms with E-state index in [1.807, 2.05) is 13.8 Å². The fraction of sp³-hybridized carbons (Fsp3) is 0.375. The fourth-order valence-corrected chi connectivity index (χ4v) is 3.90. The Morgan fingerprint density at radius 3 is 2.75 bits per heavy atom. The van der Waals surface area contributed by atoms with Crippen LogP contribution in [-0.2, 0) is 22.3 Å². The third kappa shape index (κ3) is 5.31. The number of esters is 1. The molecule has 190 valence electrons. The molecular formula is C24H25F3N6O3. The van der Waals surface area contributed by atoms with Crippen LogP contribution in [-0.4, -0.2) is 35.3 Å². The molecule has 0 aliphatic rings. The predicted octanol–water partition coefficient (Wildman–Crippen LogP) is 4.69. The van der Waals surface area contributed by atoms with Crippen molar-refractivity contribution in [2.24, 2.45) is 0 Å². The minimum Gasteiger partial charge on any atom is -0.441 e. The Hall–Kier alpha value is -3.96. The highest BCUT2D eigenvalue weighted by atomic mass is 19.4. The normalized spacial score (nSPS) is 12.7. The summed E-state index contributed by atoms with van der Waals surface area (Å²) >= 11 is 0. The van der Waals surface area contributed by atoms with Gasteiger partial charge in [-0.3, -0.25) is 18.8 Å². The second-order valence-electron chi connectivity index (χ2n) is 8.32. The number of imidazole rings is 1. The van der Waals surface area contributed by atoms with Gasteiger partial charge in [-0.15, -0.1) is 0 Å². The first-order chi connectivity index (χ1) is 17.2. The Morgan fingerprint density at radius 1 is 1.22 bits per heavy atom. The van der Waals surface area contributed by atoms with Crippen LogP contribution in [0, 0.1) is 0 Å². The Morgan fingerprint density at radius 2 is 2.03 bits per heavy atom. The highest BCUT2D eigenvalue weighted by Gasteiger charge is 2.30. The molecule has 3 heterocycles. The van der Waals surface area contributed by atoms with E-state index in [1.165, 1.54) is 23.3 Å². The minimum absolute atomic E-state index is 0.0748. The van der Waals surface area contributed by atoms with Crippen molar-refractivity contribution in [3.05, 3.63) is 64.5 Å². The molecule has 12 heteroatoms. The molecule has 36 heavy (non-hydrogen) atoms. The number of carbonyl (C=O) groups excluding carboxylic acids is 1. The van der Waals surface area contributed by atoms with Crippen LogP contribution in [0.15, 0.2) is 47.8 Å². The maximum Gasteiger partial charge on any atom is 0.416 e. The van der Waals surface area contributed by atoms with Crippen molar-refractivity contribution < 1.29 is 22.7 Å². The molecular weight excluding hydrogens is 477 g/mol. The number of aromatic nitrogens is 6. The molecule has 0 aliphatic heterocycles. The minimum atomic E-state index is -4.44. The van der Waals surface area contributed by atoms with E-state index in [2.05, 4.69) is 20.1 Å².